The number of aromatic nitrogens is 4. The van der Waals surface area contributed by atoms with Crippen LogP contribution in [-0.2, 0) is 11.3 Å². The van der Waals surface area contributed by atoms with Gasteiger partial charge in [-0.3, -0.25) is 9.48 Å². The molecule has 0 spiro atoms. The number of pyridine rings is 1. The minimum absolute atomic E-state index is 0.0229. The van der Waals surface area contributed by atoms with Gasteiger partial charge in [-0.05, 0) is 36.4 Å². The third-order valence-corrected chi connectivity index (χ3v) is 7.38. The van der Waals surface area contributed by atoms with Gasteiger partial charge in [0, 0.05) is 72.2 Å². The van der Waals surface area contributed by atoms with Crippen molar-refractivity contribution in [2.45, 2.75) is 19.4 Å². The fourth-order valence-corrected chi connectivity index (χ4v) is 5.23. The lowest BCUT2D eigenvalue weighted by Gasteiger charge is -2.32. The molecule has 4 aromatic rings. The molecule has 35 heavy (non-hydrogen) atoms. The van der Waals surface area contributed by atoms with Crippen LogP contribution in [0.3, 0.4) is 0 Å². The number of amides is 1. The summed E-state index contributed by atoms with van der Waals surface area (Å²) in [5, 5.41) is 5.71. The van der Waals surface area contributed by atoms with Crippen LogP contribution in [0.15, 0.2) is 43.0 Å². The molecular weight excluding hydrogens is 490 g/mol. The largest absolute Gasteiger partial charge is 0.346 e. The average molecular weight is 515 g/mol. The topological polar surface area (TPSA) is 70.0 Å². The average Bonchev–Trinajstić information content (AvgIpc) is 3.48. The normalized spacial score (nSPS) is 15.6. The number of nitrogens with one attached hydrogen (secondary N) is 1. The first-order chi connectivity index (χ1) is 16.8. The maximum absolute atomic E-state index is 14.1. The van der Waals surface area contributed by atoms with E-state index in [-0.39, 0.29) is 23.4 Å². The van der Waals surface area contributed by atoms with Crippen LogP contribution < -0.4 is 0 Å². The van der Waals surface area contributed by atoms with E-state index in [1.165, 1.54) is 12.1 Å². The summed E-state index contributed by atoms with van der Waals surface area (Å²) in [4.78, 5) is 24.5. The number of carbonyl (C=O) groups excluding carboxylic acids is 1. The molecule has 0 saturated carbocycles. The first-order valence-corrected chi connectivity index (χ1v) is 12.2. The quantitative estimate of drug-likeness (QED) is 0.388. The van der Waals surface area contributed by atoms with Gasteiger partial charge in [0.05, 0.1) is 11.2 Å². The van der Waals surface area contributed by atoms with Crippen LogP contribution >= 0.6 is 23.2 Å². The number of hydrogen-bond acceptors (Lipinski definition) is 4. The summed E-state index contributed by atoms with van der Waals surface area (Å²) in [5.74, 6) is -0.706. The van der Waals surface area contributed by atoms with Gasteiger partial charge in [-0.15, -0.1) is 0 Å². The molecule has 1 saturated heterocycles. The zero-order valence-corrected chi connectivity index (χ0v) is 20.9. The van der Waals surface area contributed by atoms with Gasteiger partial charge in [-0.25, -0.2) is 9.37 Å². The number of halogens is 3. The summed E-state index contributed by atoms with van der Waals surface area (Å²) in [6.07, 6.45) is 7.20. The van der Waals surface area contributed by atoms with Gasteiger partial charge in [-0.1, -0.05) is 30.1 Å². The smallest absolute Gasteiger partial charge is 0.244 e. The van der Waals surface area contributed by atoms with Crippen molar-refractivity contribution in [1.82, 2.24) is 29.5 Å². The Bertz CT molecular complexity index is 1390. The number of hydrogen-bond donors (Lipinski definition) is 1. The second-order valence-electron chi connectivity index (χ2n) is 8.95. The molecule has 1 aromatic carbocycles. The van der Waals surface area contributed by atoms with Gasteiger partial charge in [0.2, 0.25) is 5.91 Å². The van der Waals surface area contributed by atoms with Crippen molar-refractivity contribution in [1.29, 1.82) is 0 Å². The van der Waals surface area contributed by atoms with Crippen LogP contribution in [0.25, 0.3) is 22.2 Å². The highest BCUT2D eigenvalue weighted by atomic mass is 35.5. The molecule has 1 aliphatic rings. The van der Waals surface area contributed by atoms with E-state index < -0.39 is 5.82 Å². The van der Waals surface area contributed by atoms with Crippen LogP contribution in [0.4, 0.5) is 4.39 Å². The first kappa shape index (κ1) is 23.8. The van der Waals surface area contributed by atoms with Gasteiger partial charge >= 0.3 is 0 Å². The highest BCUT2D eigenvalue weighted by Gasteiger charge is 2.22. The third-order valence-electron chi connectivity index (χ3n) is 6.66. The molecule has 10 heteroatoms. The van der Waals surface area contributed by atoms with Gasteiger partial charge in [0.1, 0.15) is 18.0 Å². The van der Waals surface area contributed by atoms with E-state index in [2.05, 4.69) is 27.0 Å². The van der Waals surface area contributed by atoms with Crippen molar-refractivity contribution < 1.29 is 9.18 Å². The minimum Gasteiger partial charge on any atom is -0.346 e. The maximum atomic E-state index is 14.1. The van der Waals surface area contributed by atoms with E-state index in [1.54, 1.807) is 17.1 Å². The van der Waals surface area contributed by atoms with E-state index in [0.29, 0.717) is 16.2 Å². The number of carbonyl (C=O) groups is 1. The van der Waals surface area contributed by atoms with Crippen molar-refractivity contribution in [2.75, 3.05) is 33.2 Å². The van der Waals surface area contributed by atoms with E-state index in [4.69, 9.17) is 23.2 Å². The van der Waals surface area contributed by atoms with E-state index in [0.717, 1.165) is 48.3 Å². The van der Waals surface area contributed by atoms with Crippen molar-refractivity contribution in [3.63, 3.8) is 0 Å². The van der Waals surface area contributed by atoms with Gasteiger partial charge in [0.15, 0.2) is 0 Å². The standard InChI is InChI=1S/C25H25Cl2FN6O/c1-15(23-20(26)3-4-21(28)24(23)27)19-12-30-25-18(19)9-16(10-29-25)17-11-31-34(13-17)14-22(35)33-7-5-32(2)6-8-33/h3-4,9-13,15H,5-8,14H2,1-2H3,(H,29,30)/t15-/m0/s1. The molecule has 0 aliphatic carbocycles. The molecule has 1 atom stereocenters. The number of aromatic amines is 1. The molecule has 0 bridgehead atoms. The molecule has 1 N–H and O–H groups in total. The van der Waals surface area contributed by atoms with Gasteiger partial charge < -0.3 is 14.8 Å². The predicted octanol–water partition coefficient (Wildman–Crippen LogP) is 4.80. The van der Waals surface area contributed by atoms with Gasteiger partial charge in [-0.2, -0.15) is 5.10 Å². The Kier molecular flexibility index (Phi) is 6.53. The van der Waals surface area contributed by atoms with Crippen LogP contribution in [0.2, 0.25) is 10.0 Å². The highest BCUT2D eigenvalue weighted by Crippen LogP contribution is 2.39. The number of piperazine rings is 1. The summed E-state index contributed by atoms with van der Waals surface area (Å²) in [6, 6.07) is 4.79. The summed E-state index contributed by atoms with van der Waals surface area (Å²) < 4.78 is 15.8. The molecule has 0 radical (unpaired) electrons. The zero-order valence-electron chi connectivity index (χ0n) is 19.4. The van der Waals surface area contributed by atoms with Crippen LogP contribution in [0.1, 0.15) is 24.0 Å². The van der Waals surface area contributed by atoms with Crippen molar-refractivity contribution in [2.24, 2.45) is 0 Å². The fourth-order valence-electron chi connectivity index (χ4n) is 4.53. The van der Waals surface area contributed by atoms with Crippen molar-refractivity contribution in [3.8, 4) is 11.1 Å². The second-order valence-corrected chi connectivity index (χ2v) is 9.74. The van der Waals surface area contributed by atoms with E-state index in [1.807, 2.05) is 30.3 Å². The van der Waals surface area contributed by atoms with Crippen molar-refractivity contribution in [3.05, 3.63) is 70.0 Å². The van der Waals surface area contributed by atoms with Gasteiger partial charge in [0.25, 0.3) is 0 Å². The molecule has 1 fully saturated rings. The summed E-state index contributed by atoms with van der Waals surface area (Å²) >= 11 is 12.6. The zero-order chi connectivity index (χ0) is 24.7. The Morgan fingerprint density at radius 2 is 1.94 bits per heavy atom. The molecule has 5 rings (SSSR count). The van der Waals surface area contributed by atoms with E-state index in [9.17, 15) is 9.18 Å². The minimum atomic E-state index is -0.505. The molecule has 0 unspecified atom stereocenters. The summed E-state index contributed by atoms with van der Waals surface area (Å²) in [7, 11) is 2.06. The number of benzene rings is 1. The Hall–Kier alpha value is -2.94. The first-order valence-electron chi connectivity index (χ1n) is 11.4. The molecule has 1 aliphatic heterocycles. The molecular formula is C25H25Cl2FN6O. The maximum Gasteiger partial charge on any atom is 0.244 e. The Morgan fingerprint density at radius 3 is 2.71 bits per heavy atom. The number of H-pyrrole nitrogens is 1. The lowest BCUT2D eigenvalue weighted by molar-refractivity contribution is -0.133. The second kappa shape index (κ2) is 9.60. The molecule has 1 amide bonds. The van der Waals surface area contributed by atoms with Crippen LogP contribution in [0.5, 0.6) is 0 Å². The lowest BCUT2D eigenvalue weighted by Crippen LogP contribution is -2.48. The SMILES string of the molecule is C[C@H](c1c(Cl)ccc(F)c1Cl)c1c[nH]c2ncc(-c3cnn(CC(=O)N4CCN(C)CC4)c3)cc12. The number of likely N-dealkylation sites (N-methyl/N-ethyl adjacent to an activating group) is 1. The monoisotopic (exact) mass is 514 g/mol. The fraction of sp³-hybridized carbons (Fsp3) is 0.320. The van der Waals surface area contributed by atoms with Crippen LogP contribution in [0, 0.1) is 5.82 Å². The molecule has 182 valence electrons. The Labute approximate surface area is 212 Å². The number of rotatable bonds is 5. The van der Waals surface area contributed by atoms with Crippen molar-refractivity contribution >= 4 is 40.1 Å². The number of fused-ring (bicyclic) bond motifs is 1. The number of nitrogens with zero attached hydrogens (tertiary/aromatic N) is 5. The van der Waals surface area contributed by atoms with E-state index >= 15 is 0 Å². The Morgan fingerprint density at radius 1 is 1.17 bits per heavy atom. The molecule has 7 nitrogen and oxygen atoms in total. The lowest BCUT2D eigenvalue weighted by atomic mass is 9.92. The predicted molar refractivity (Wildman–Crippen MR) is 135 cm³/mol. The Balaban J connectivity index is 1.40. The molecule has 3 aromatic heterocycles. The highest BCUT2D eigenvalue weighted by molar-refractivity contribution is 6.36. The third kappa shape index (κ3) is 4.66. The summed E-state index contributed by atoms with van der Waals surface area (Å²) in [6.45, 7) is 5.36. The summed E-state index contributed by atoms with van der Waals surface area (Å²) in [5.41, 5.74) is 3.86. The van der Waals surface area contributed by atoms with Crippen LogP contribution in [-0.4, -0.2) is 68.7 Å². The molecule has 4 heterocycles.